The highest BCUT2D eigenvalue weighted by atomic mass is 32.2. The predicted octanol–water partition coefficient (Wildman–Crippen LogP) is 3.82. The van der Waals surface area contributed by atoms with Gasteiger partial charge in [-0.2, -0.15) is 0 Å². The Balaban J connectivity index is 2.68. The zero-order valence-electron chi connectivity index (χ0n) is 9.57. The Morgan fingerprint density at radius 3 is 2.76 bits per heavy atom. The van der Waals surface area contributed by atoms with Crippen molar-refractivity contribution in [3.05, 3.63) is 29.6 Å². The van der Waals surface area contributed by atoms with E-state index < -0.39 is 11.1 Å². The van der Waals surface area contributed by atoms with Gasteiger partial charge in [0.1, 0.15) is 10.0 Å². The van der Waals surface area contributed by atoms with Gasteiger partial charge in [0.05, 0.1) is 0 Å². The number of hydrogen-bond donors (Lipinski definition) is 1. The molecule has 5 heteroatoms. The lowest BCUT2D eigenvalue weighted by molar-refractivity contribution is 0.563. The van der Waals surface area contributed by atoms with Gasteiger partial charge in [-0.1, -0.05) is 13.8 Å². The minimum absolute atomic E-state index is 0.310. The van der Waals surface area contributed by atoms with Crippen LogP contribution >= 0.6 is 11.3 Å². The molecule has 0 saturated carbocycles. The minimum Gasteiger partial charge on any atom is -0.302 e. The molecule has 0 fully saturated rings. The van der Waals surface area contributed by atoms with E-state index in [1.165, 1.54) is 23.5 Å². The highest BCUT2D eigenvalue weighted by molar-refractivity contribution is 7.82. The molecule has 1 unspecified atom stereocenters. The monoisotopic (exact) mass is 272 g/mol. The van der Waals surface area contributed by atoms with Crippen LogP contribution in [0, 0.1) is 11.7 Å². The average molecular weight is 272 g/mol. The molecule has 17 heavy (non-hydrogen) atoms. The van der Waals surface area contributed by atoms with Crippen LogP contribution < -0.4 is 0 Å². The zero-order chi connectivity index (χ0) is 12.6. The van der Waals surface area contributed by atoms with Gasteiger partial charge in [0, 0.05) is 4.70 Å². The first kappa shape index (κ1) is 12.7. The second-order valence-corrected chi connectivity index (χ2v) is 6.57. The van der Waals surface area contributed by atoms with Crippen molar-refractivity contribution >= 4 is 32.5 Å². The van der Waals surface area contributed by atoms with Crippen molar-refractivity contribution in [2.24, 2.45) is 5.92 Å². The van der Waals surface area contributed by atoms with Crippen molar-refractivity contribution in [2.75, 3.05) is 0 Å². The molecule has 0 radical (unpaired) electrons. The molecule has 0 amide bonds. The smallest absolute Gasteiger partial charge is 0.197 e. The van der Waals surface area contributed by atoms with Crippen molar-refractivity contribution in [3.8, 4) is 0 Å². The lowest BCUT2D eigenvalue weighted by Crippen LogP contribution is -1.97. The van der Waals surface area contributed by atoms with Crippen LogP contribution in [0.15, 0.2) is 22.4 Å². The third-order valence-electron chi connectivity index (χ3n) is 2.49. The molecule has 92 valence electrons. The first-order valence-corrected chi connectivity index (χ1v) is 7.23. The summed E-state index contributed by atoms with van der Waals surface area (Å²) in [6.07, 6.45) is 0.686. The molecule has 1 heterocycles. The Labute approximate surface area is 106 Å². The molecular formula is C12H13FO2S2. The molecule has 0 spiro atoms. The molecule has 0 aliphatic rings. The Hall–Kier alpha value is -0.780. The molecular weight excluding hydrogens is 259 g/mol. The summed E-state index contributed by atoms with van der Waals surface area (Å²) in [4.78, 5) is 0. The lowest BCUT2D eigenvalue weighted by Gasteiger charge is -2.05. The van der Waals surface area contributed by atoms with Crippen LogP contribution in [-0.4, -0.2) is 8.76 Å². The van der Waals surface area contributed by atoms with Gasteiger partial charge in [-0.3, -0.25) is 0 Å². The van der Waals surface area contributed by atoms with E-state index in [1.807, 2.05) is 13.8 Å². The van der Waals surface area contributed by atoms with E-state index in [4.69, 9.17) is 0 Å². The Kier molecular flexibility index (Phi) is 3.61. The van der Waals surface area contributed by atoms with Crippen molar-refractivity contribution in [1.82, 2.24) is 0 Å². The number of benzene rings is 1. The Morgan fingerprint density at radius 1 is 1.47 bits per heavy atom. The standard InChI is InChI=1S/C12H13FO2S2/c1-7(2)5-10-9-6-8(13)3-4-11(9)16-12(10)17(14)15/h3-4,6-7H,5H2,1-2H3,(H,14,15). The van der Waals surface area contributed by atoms with Crippen LogP contribution in [0.25, 0.3) is 10.1 Å². The van der Waals surface area contributed by atoms with E-state index >= 15 is 0 Å². The number of fused-ring (bicyclic) bond motifs is 1. The Bertz CT molecular complexity index is 575. The average Bonchev–Trinajstić information content (AvgIpc) is 2.56. The second kappa shape index (κ2) is 4.84. The quantitative estimate of drug-likeness (QED) is 0.862. The SMILES string of the molecule is CC(C)Cc1c(S(=O)O)sc2ccc(F)cc12. The molecule has 1 atom stereocenters. The summed E-state index contributed by atoms with van der Waals surface area (Å²) in [6.45, 7) is 4.07. The summed E-state index contributed by atoms with van der Waals surface area (Å²) in [7, 11) is 0. The second-order valence-electron chi connectivity index (χ2n) is 4.36. The van der Waals surface area contributed by atoms with Gasteiger partial charge >= 0.3 is 0 Å². The summed E-state index contributed by atoms with van der Waals surface area (Å²) < 4.78 is 35.1. The van der Waals surface area contributed by atoms with Crippen molar-refractivity contribution < 1.29 is 13.2 Å². The molecule has 1 aromatic heterocycles. The third kappa shape index (κ3) is 2.56. The van der Waals surface area contributed by atoms with Crippen molar-refractivity contribution in [1.29, 1.82) is 0 Å². The predicted molar refractivity (Wildman–Crippen MR) is 69.4 cm³/mol. The lowest BCUT2D eigenvalue weighted by atomic mass is 10.0. The molecule has 2 rings (SSSR count). The summed E-state index contributed by atoms with van der Waals surface area (Å²) in [5, 5.41) is 0.765. The van der Waals surface area contributed by atoms with Crippen LogP contribution in [0.2, 0.25) is 0 Å². The van der Waals surface area contributed by atoms with E-state index in [1.54, 1.807) is 6.07 Å². The fourth-order valence-corrected chi connectivity index (χ4v) is 3.74. The first-order chi connectivity index (χ1) is 7.99. The maximum absolute atomic E-state index is 13.2. The maximum Gasteiger partial charge on any atom is 0.197 e. The van der Waals surface area contributed by atoms with Gasteiger partial charge < -0.3 is 4.55 Å². The molecule has 1 N–H and O–H groups in total. The molecule has 1 aromatic carbocycles. The van der Waals surface area contributed by atoms with E-state index in [0.29, 0.717) is 16.5 Å². The zero-order valence-corrected chi connectivity index (χ0v) is 11.2. The van der Waals surface area contributed by atoms with E-state index in [9.17, 15) is 13.2 Å². The summed E-state index contributed by atoms with van der Waals surface area (Å²) >= 11 is -0.734. The highest BCUT2D eigenvalue weighted by Gasteiger charge is 2.17. The number of thiophene rings is 1. The number of rotatable bonds is 3. The van der Waals surface area contributed by atoms with Gasteiger partial charge in [-0.25, -0.2) is 8.60 Å². The molecule has 0 saturated heterocycles. The number of halogens is 1. The molecule has 0 aliphatic heterocycles. The van der Waals surface area contributed by atoms with Gasteiger partial charge in [0.15, 0.2) is 11.1 Å². The largest absolute Gasteiger partial charge is 0.302 e. The van der Waals surface area contributed by atoms with Crippen LogP contribution in [0.1, 0.15) is 19.4 Å². The van der Waals surface area contributed by atoms with Gasteiger partial charge in [0.25, 0.3) is 0 Å². The first-order valence-electron chi connectivity index (χ1n) is 5.31. The van der Waals surface area contributed by atoms with Crippen molar-refractivity contribution in [2.45, 2.75) is 24.5 Å². The van der Waals surface area contributed by atoms with E-state index in [0.717, 1.165) is 15.6 Å². The fraction of sp³-hybridized carbons (Fsp3) is 0.333. The van der Waals surface area contributed by atoms with Crippen molar-refractivity contribution in [3.63, 3.8) is 0 Å². The topological polar surface area (TPSA) is 37.3 Å². The number of hydrogen-bond acceptors (Lipinski definition) is 2. The fourth-order valence-electron chi connectivity index (χ4n) is 1.84. The van der Waals surface area contributed by atoms with E-state index in [2.05, 4.69) is 0 Å². The van der Waals surface area contributed by atoms with E-state index in [-0.39, 0.29) is 5.82 Å². The van der Waals surface area contributed by atoms with Gasteiger partial charge in [-0.05, 0) is 41.5 Å². The maximum atomic E-state index is 13.2. The van der Waals surface area contributed by atoms with Crippen LogP contribution in [0.5, 0.6) is 0 Å². The van der Waals surface area contributed by atoms with Crippen LogP contribution in [0.4, 0.5) is 4.39 Å². The van der Waals surface area contributed by atoms with Crippen LogP contribution in [-0.2, 0) is 17.5 Å². The summed E-state index contributed by atoms with van der Waals surface area (Å²) in [5.41, 5.74) is 0.806. The van der Waals surface area contributed by atoms with Gasteiger partial charge in [0.2, 0.25) is 0 Å². The Morgan fingerprint density at radius 2 is 2.18 bits per heavy atom. The van der Waals surface area contributed by atoms with Gasteiger partial charge in [-0.15, -0.1) is 11.3 Å². The third-order valence-corrected chi connectivity index (χ3v) is 4.74. The highest BCUT2D eigenvalue weighted by Crippen LogP contribution is 2.35. The molecule has 2 nitrogen and oxygen atoms in total. The summed E-state index contributed by atoms with van der Waals surface area (Å²) in [6, 6.07) is 4.48. The molecule has 0 aliphatic carbocycles. The normalized spacial score (nSPS) is 13.5. The molecule has 2 aromatic rings. The summed E-state index contributed by atoms with van der Waals surface area (Å²) in [5.74, 6) is 0.0499. The minimum atomic E-state index is -2.00. The van der Waals surface area contributed by atoms with Crippen LogP contribution in [0.3, 0.4) is 0 Å². The molecule has 0 bridgehead atoms.